The quantitative estimate of drug-likeness (QED) is 0.531. The van der Waals surface area contributed by atoms with Crippen LogP contribution in [-0.2, 0) is 4.74 Å². The molecule has 0 spiro atoms. The summed E-state index contributed by atoms with van der Waals surface area (Å²) in [6.45, 7) is 3.56. The van der Waals surface area contributed by atoms with Gasteiger partial charge in [-0.2, -0.15) is 0 Å². The molecular weight excluding hydrogens is 180 g/mol. The second kappa shape index (κ2) is 4.05. The van der Waals surface area contributed by atoms with Crippen LogP contribution in [-0.4, -0.2) is 19.4 Å². The topological polar surface area (TPSA) is 43.4 Å². The summed E-state index contributed by atoms with van der Waals surface area (Å²) in [6.07, 6.45) is 0.745. The fourth-order valence-electron chi connectivity index (χ4n) is 1.33. The van der Waals surface area contributed by atoms with Crippen molar-refractivity contribution in [1.29, 1.82) is 0 Å². The van der Waals surface area contributed by atoms with Crippen LogP contribution in [0, 0.1) is 13.8 Å². The molecule has 0 bridgehead atoms. The smallest absolute Gasteiger partial charge is 0.338 e. The van der Waals surface area contributed by atoms with Crippen molar-refractivity contribution in [3.05, 3.63) is 34.4 Å². The Labute approximate surface area is 82.7 Å². The molecule has 0 aromatic heterocycles. The minimum absolute atomic E-state index is 0.408. The van der Waals surface area contributed by atoms with Crippen LogP contribution in [0.2, 0.25) is 0 Å². The van der Waals surface area contributed by atoms with Crippen LogP contribution in [0.4, 0.5) is 0 Å². The molecule has 74 valence electrons. The zero-order valence-corrected chi connectivity index (χ0v) is 8.46. The van der Waals surface area contributed by atoms with E-state index >= 15 is 0 Å². The van der Waals surface area contributed by atoms with Crippen molar-refractivity contribution in [3.8, 4) is 0 Å². The van der Waals surface area contributed by atoms with E-state index in [2.05, 4.69) is 4.74 Å². The van der Waals surface area contributed by atoms with Gasteiger partial charge in [-0.25, -0.2) is 4.79 Å². The van der Waals surface area contributed by atoms with Gasteiger partial charge in [0.1, 0.15) is 6.29 Å². The van der Waals surface area contributed by atoms with Crippen molar-refractivity contribution in [2.24, 2.45) is 0 Å². The van der Waals surface area contributed by atoms with Crippen molar-refractivity contribution >= 4 is 12.3 Å². The Morgan fingerprint density at radius 1 is 1.36 bits per heavy atom. The minimum atomic E-state index is -0.408. The molecule has 0 fully saturated rings. The number of carbonyl (C=O) groups is 2. The second-order valence-corrected chi connectivity index (χ2v) is 3.14. The van der Waals surface area contributed by atoms with Gasteiger partial charge in [0.25, 0.3) is 0 Å². The molecule has 0 N–H and O–H groups in total. The van der Waals surface area contributed by atoms with Crippen LogP contribution in [0.1, 0.15) is 31.8 Å². The molecule has 0 unspecified atom stereocenters. The maximum atomic E-state index is 11.3. The van der Waals surface area contributed by atoms with Gasteiger partial charge in [-0.15, -0.1) is 0 Å². The number of hydrogen-bond acceptors (Lipinski definition) is 3. The van der Waals surface area contributed by atoms with Gasteiger partial charge in [0.05, 0.1) is 12.7 Å². The van der Waals surface area contributed by atoms with E-state index < -0.39 is 5.97 Å². The Morgan fingerprint density at radius 3 is 2.50 bits per heavy atom. The van der Waals surface area contributed by atoms with Crippen LogP contribution in [0.25, 0.3) is 0 Å². The number of aldehydes is 1. The van der Waals surface area contributed by atoms with Crippen LogP contribution >= 0.6 is 0 Å². The van der Waals surface area contributed by atoms with Crippen LogP contribution in [0.5, 0.6) is 0 Å². The van der Waals surface area contributed by atoms with E-state index in [4.69, 9.17) is 0 Å². The lowest BCUT2D eigenvalue weighted by molar-refractivity contribution is 0.0600. The van der Waals surface area contributed by atoms with E-state index in [-0.39, 0.29) is 0 Å². The molecule has 1 aromatic rings. The van der Waals surface area contributed by atoms with Gasteiger partial charge in [-0.1, -0.05) is 0 Å². The SMILES string of the molecule is COC(=O)c1cc(C)cc(C=O)c1C. The molecule has 14 heavy (non-hydrogen) atoms. The van der Waals surface area contributed by atoms with Crippen molar-refractivity contribution < 1.29 is 14.3 Å². The maximum absolute atomic E-state index is 11.3. The zero-order chi connectivity index (χ0) is 10.7. The monoisotopic (exact) mass is 192 g/mol. The second-order valence-electron chi connectivity index (χ2n) is 3.14. The molecule has 0 aliphatic carbocycles. The summed E-state index contributed by atoms with van der Waals surface area (Å²) in [6, 6.07) is 3.46. The van der Waals surface area contributed by atoms with Gasteiger partial charge in [0.2, 0.25) is 0 Å². The molecule has 0 radical (unpaired) electrons. The summed E-state index contributed by atoms with van der Waals surface area (Å²) in [4.78, 5) is 22.0. The van der Waals surface area contributed by atoms with Crippen LogP contribution in [0.3, 0.4) is 0 Å². The Balaban J connectivity index is 3.36. The first-order chi connectivity index (χ1) is 6.60. The number of benzene rings is 1. The predicted octanol–water partition coefficient (Wildman–Crippen LogP) is 1.90. The van der Waals surface area contributed by atoms with Gasteiger partial charge in [0.15, 0.2) is 0 Å². The first kappa shape index (κ1) is 10.4. The average molecular weight is 192 g/mol. The summed E-state index contributed by atoms with van der Waals surface area (Å²) in [5, 5.41) is 0. The Bertz CT molecular complexity index is 380. The van der Waals surface area contributed by atoms with E-state index in [0.717, 1.165) is 11.8 Å². The third kappa shape index (κ3) is 1.82. The Kier molecular flexibility index (Phi) is 3.02. The summed E-state index contributed by atoms with van der Waals surface area (Å²) in [5.41, 5.74) is 2.52. The molecule has 0 atom stereocenters. The average Bonchev–Trinajstić information content (AvgIpc) is 2.19. The summed E-state index contributed by atoms with van der Waals surface area (Å²) < 4.78 is 4.62. The highest BCUT2D eigenvalue weighted by atomic mass is 16.5. The van der Waals surface area contributed by atoms with Crippen molar-refractivity contribution in [1.82, 2.24) is 0 Å². The lowest BCUT2D eigenvalue weighted by atomic mass is 10.00. The number of esters is 1. The highest BCUT2D eigenvalue weighted by molar-refractivity contribution is 5.94. The summed E-state index contributed by atoms with van der Waals surface area (Å²) in [7, 11) is 1.32. The lowest BCUT2D eigenvalue weighted by Crippen LogP contribution is -2.06. The normalized spacial score (nSPS) is 9.64. The number of hydrogen-bond donors (Lipinski definition) is 0. The Hall–Kier alpha value is -1.64. The molecule has 3 nitrogen and oxygen atoms in total. The third-order valence-electron chi connectivity index (χ3n) is 2.12. The van der Waals surface area contributed by atoms with Gasteiger partial charge in [0, 0.05) is 5.56 Å². The molecule has 0 aliphatic heterocycles. The zero-order valence-electron chi connectivity index (χ0n) is 8.46. The molecule has 0 saturated carbocycles. The van der Waals surface area contributed by atoms with Gasteiger partial charge in [-0.05, 0) is 37.1 Å². The van der Waals surface area contributed by atoms with E-state index in [1.165, 1.54) is 7.11 Å². The number of rotatable bonds is 2. The third-order valence-corrected chi connectivity index (χ3v) is 2.12. The summed E-state index contributed by atoms with van der Waals surface area (Å²) in [5.74, 6) is -0.408. The largest absolute Gasteiger partial charge is 0.465 e. The molecule has 0 saturated heterocycles. The predicted molar refractivity (Wildman–Crippen MR) is 52.6 cm³/mol. The molecular formula is C11H12O3. The summed E-state index contributed by atoms with van der Waals surface area (Å²) >= 11 is 0. The maximum Gasteiger partial charge on any atom is 0.338 e. The molecule has 1 aromatic carbocycles. The van der Waals surface area contributed by atoms with Gasteiger partial charge < -0.3 is 4.74 Å². The first-order valence-corrected chi connectivity index (χ1v) is 4.25. The van der Waals surface area contributed by atoms with E-state index in [1.807, 2.05) is 6.92 Å². The Morgan fingerprint density at radius 2 is 2.00 bits per heavy atom. The van der Waals surface area contributed by atoms with Gasteiger partial charge in [-0.3, -0.25) is 4.79 Å². The molecule has 0 heterocycles. The number of methoxy groups -OCH3 is 1. The lowest BCUT2D eigenvalue weighted by Gasteiger charge is -2.07. The van der Waals surface area contributed by atoms with E-state index in [9.17, 15) is 9.59 Å². The molecule has 1 rings (SSSR count). The molecule has 3 heteroatoms. The highest BCUT2D eigenvalue weighted by Crippen LogP contribution is 2.16. The van der Waals surface area contributed by atoms with Crippen molar-refractivity contribution in [2.45, 2.75) is 13.8 Å². The first-order valence-electron chi connectivity index (χ1n) is 4.25. The standard InChI is InChI=1S/C11H12O3/c1-7-4-9(6-12)8(2)10(5-7)11(13)14-3/h4-6H,1-3H3. The molecule has 0 amide bonds. The molecule has 0 aliphatic rings. The number of ether oxygens (including phenoxy) is 1. The fourth-order valence-corrected chi connectivity index (χ4v) is 1.33. The minimum Gasteiger partial charge on any atom is -0.465 e. The van der Waals surface area contributed by atoms with E-state index in [0.29, 0.717) is 16.7 Å². The van der Waals surface area contributed by atoms with Gasteiger partial charge >= 0.3 is 5.97 Å². The van der Waals surface area contributed by atoms with Crippen molar-refractivity contribution in [2.75, 3.05) is 7.11 Å². The van der Waals surface area contributed by atoms with E-state index in [1.54, 1.807) is 19.1 Å². The number of carbonyl (C=O) groups excluding carboxylic acids is 2. The van der Waals surface area contributed by atoms with Crippen molar-refractivity contribution in [3.63, 3.8) is 0 Å². The van der Waals surface area contributed by atoms with Crippen LogP contribution in [0.15, 0.2) is 12.1 Å². The highest BCUT2D eigenvalue weighted by Gasteiger charge is 2.12. The van der Waals surface area contributed by atoms with Crippen LogP contribution < -0.4 is 0 Å². The fraction of sp³-hybridized carbons (Fsp3) is 0.273. The number of aryl methyl sites for hydroxylation is 1.